The molecule has 0 heterocycles. The maximum atomic E-state index is 13.4. The van der Waals surface area contributed by atoms with Crippen LogP contribution in [-0.2, 0) is 6.61 Å². The second kappa shape index (κ2) is 5.61. The number of nitrogen functional groups attached to an aromatic ring is 1. The number of hydrogen-bond donors (Lipinski definition) is 1. The Labute approximate surface area is 120 Å². The van der Waals surface area contributed by atoms with Crippen molar-refractivity contribution in [3.8, 4) is 5.75 Å². The minimum Gasteiger partial charge on any atom is -0.488 e. The van der Waals surface area contributed by atoms with Gasteiger partial charge in [0, 0.05) is 16.8 Å². The number of aryl methyl sites for hydroxylation is 1. The third-order valence-electron chi connectivity index (χ3n) is 3.05. The summed E-state index contributed by atoms with van der Waals surface area (Å²) in [5.41, 5.74) is 9.24. The molecule has 0 aliphatic rings. The Balaban J connectivity index is 2.24. The van der Waals surface area contributed by atoms with Gasteiger partial charge in [0.05, 0.1) is 4.47 Å². The Morgan fingerprint density at radius 3 is 2.68 bits per heavy atom. The van der Waals surface area contributed by atoms with Gasteiger partial charge >= 0.3 is 0 Å². The quantitative estimate of drug-likeness (QED) is 0.851. The van der Waals surface area contributed by atoms with Crippen molar-refractivity contribution in [2.45, 2.75) is 20.5 Å². The number of rotatable bonds is 3. The molecule has 0 saturated carbocycles. The second-order valence-corrected chi connectivity index (χ2v) is 5.22. The average molecular weight is 324 g/mol. The van der Waals surface area contributed by atoms with Gasteiger partial charge in [-0.1, -0.05) is 18.2 Å². The molecule has 0 amide bonds. The first-order chi connectivity index (χ1) is 9.00. The minimum absolute atomic E-state index is 0.290. The predicted molar refractivity (Wildman–Crippen MR) is 78.8 cm³/mol. The summed E-state index contributed by atoms with van der Waals surface area (Å²) in [4.78, 5) is 0. The van der Waals surface area contributed by atoms with Crippen LogP contribution < -0.4 is 10.5 Å². The van der Waals surface area contributed by atoms with Crippen LogP contribution in [0.25, 0.3) is 0 Å². The van der Waals surface area contributed by atoms with E-state index in [1.165, 1.54) is 6.07 Å². The molecule has 2 rings (SSSR count). The first kappa shape index (κ1) is 13.9. The van der Waals surface area contributed by atoms with Gasteiger partial charge < -0.3 is 10.5 Å². The van der Waals surface area contributed by atoms with E-state index in [0.29, 0.717) is 16.8 Å². The van der Waals surface area contributed by atoms with Crippen molar-refractivity contribution in [2.24, 2.45) is 0 Å². The molecule has 0 spiro atoms. The average Bonchev–Trinajstić information content (AvgIpc) is 2.39. The summed E-state index contributed by atoms with van der Waals surface area (Å²) >= 11 is 3.23. The van der Waals surface area contributed by atoms with E-state index in [4.69, 9.17) is 10.5 Å². The van der Waals surface area contributed by atoms with Gasteiger partial charge in [-0.15, -0.1) is 0 Å². The Hall–Kier alpha value is -1.55. The van der Waals surface area contributed by atoms with Crippen molar-refractivity contribution in [1.29, 1.82) is 0 Å². The highest BCUT2D eigenvalue weighted by atomic mass is 79.9. The summed E-state index contributed by atoms with van der Waals surface area (Å²) in [6, 6.07) is 8.67. The summed E-state index contributed by atoms with van der Waals surface area (Å²) in [5, 5.41) is 0. The maximum Gasteiger partial charge on any atom is 0.137 e. The molecule has 2 aromatic carbocycles. The first-order valence-corrected chi connectivity index (χ1v) is 6.71. The van der Waals surface area contributed by atoms with E-state index < -0.39 is 0 Å². The summed E-state index contributed by atoms with van der Waals surface area (Å²) in [5.74, 6) is 0.471. The zero-order valence-corrected chi connectivity index (χ0v) is 12.4. The van der Waals surface area contributed by atoms with Crippen LogP contribution in [0.1, 0.15) is 16.7 Å². The van der Waals surface area contributed by atoms with Crippen LogP contribution >= 0.6 is 15.9 Å². The molecule has 19 heavy (non-hydrogen) atoms. The van der Waals surface area contributed by atoms with Gasteiger partial charge in [-0.25, -0.2) is 4.39 Å². The largest absolute Gasteiger partial charge is 0.488 e. The van der Waals surface area contributed by atoms with Crippen LogP contribution in [-0.4, -0.2) is 0 Å². The van der Waals surface area contributed by atoms with Crippen molar-refractivity contribution in [3.63, 3.8) is 0 Å². The lowest BCUT2D eigenvalue weighted by molar-refractivity contribution is 0.300. The molecule has 2 N–H and O–H groups in total. The summed E-state index contributed by atoms with van der Waals surface area (Å²) in [6.07, 6.45) is 0. The molecule has 0 aliphatic carbocycles. The molecular weight excluding hydrogens is 309 g/mol. The monoisotopic (exact) mass is 323 g/mol. The topological polar surface area (TPSA) is 35.2 Å². The van der Waals surface area contributed by atoms with Crippen LogP contribution in [0, 0.1) is 19.7 Å². The van der Waals surface area contributed by atoms with E-state index in [1.807, 2.05) is 32.0 Å². The Bertz CT molecular complexity index is 613. The first-order valence-electron chi connectivity index (χ1n) is 5.92. The second-order valence-electron chi connectivity index (χ2n) is 4.43. The van der Waals surface area contributed by atoms with Gasteiger partial charge in [0.2, 0.25) is 0 Å². The summed E-state index contributed by atoms with van der Waals surface area (Å²) < 4.78 is 19.6. The molecule has 0 unspecified atom stereocenters. The lowest BCUT2D eigenvalue weighted by atomic mass is 10.1. The van der Waals surface area contributed by atoms with Crippen LogP contribution in [0.2, 0.25) is 0 Å². The molecule has 2 nitrogen and oxygen atoms in total. The number of halogens is 2. The van der Waals surface area contributed by atoms with Gasteiger partial charge in [-0.3, -0.25) is 0 Å². The zero-order chi connectivity index (χ0) is 14.0. The maximum absolute atomic E-state index is 13.4. The van der Waals surface area contributed by atoms with Gasteiger partial charge in [0.15, 0.2) is 0 Å². The molecule has 4 heteroatoms. The molecule has 2 aromatic rings. The van der Waals surface area contributed by atoms with Crippen LogP contribution in [0.15, 0.2) is 34.8 Å². The van der Waals surface area contributed by atoms with Crippen molar-refractivity contribution in [2.75, 3.05) is 5.73 Å². The molecular formula is C15H15BrFNO. The summed E-state index contributed by atoms with van der Waals surface area (Å²) in [7, 11) is 0. The van der Waals surface area contributed by atoms with E-state index in [-0.39, 0.29) is 5.82 Å². The lowest BCUT2D eigenvalue weighted by Crippen LogP contribution is -2.02. The number of hydrogen-bond acceptors (Lipinski definition) is 2. The fourth-order valence-corrected chi connectivity index (χ4v) is 2.25. The molecule has 0 saturated heterocycles. The number of benzene rings is 2. The zero-order valence-electron chi connectivity index (χ0n) is 10.8. The van der Waals surface area contributed by atoms with Crippen molar-refractivity contribution in [1.82, 2.24) is 0 Å². The standard InChI is InChI=1S/C15H15BrFNO/c1-9-6-7-13(18)10(2)15(9)19-8-11-4-3-5-12(17)14(11)16/h3-7H,8,18H2,1-2H3. The van der Waals surface area contributed by atoms with Crippen molar-refractivity contribution in [3.05, 3.63) is 57.3 Å². The van der Waals surface area contributed by atoms with Crippen LogP contribution in [0.5, 0.6) is 5.75 Å². The minimum atomic E-state index is -0.290. The number of ether oxygens (including phenoxy) is 1. The van der Waals surface area contributed by atoms with E-state index in [1.54, 1.807) is 6.07 Å². The molecule has 0 fully saturated rings. The van der Waals surface area contributed by atoms with Crippen LogP contribution in [0.4, 0.5) is 10.1 Å². The molecule has 0 bridgehead atoms. The Morgan fingerprint density at radius 2 is 1.95 bits per heavy atom. The van der Waals surface area contributed by atoms with Crippen molar-refractivity contribution < 1.29 is 9.13 Å². The Kier molecular flexibility index (Phi) is 4.10. The highest BCUT2D eigenvalue weighted by Crippen LogP contribution is 2.29. The third-order valence-corrected chi connectivity index (χ3v) is 3.94. The third kappa shape index (κ3) is 2.89. The fourth-order valence-electron chi connectivity index (χ4n) is 1.87. The van der Waals surface area contributed by atoms with Crippen molar-refractivity contribution >= 4 is 21.6 Å². The lowest BCUT2D eigenvalue weighted by Gasteiger charge is -2.14. The Morgan fingerprint density at radius 1 is 1.21 bits per heavy atom. The van der Waals surface area contributed by atoms with Gasteiger partial charge in [0.25, 0.3) is 0 Å². The van der Waals surface area contributed by atoms with E-state index in [9.17, 15) is 4.39 Å². The van der Waals surface area contributed by atoms with E-state index in [2.05, 4.69) is 15.9 Å². The van der Waals surface area contributed by atoms with E-state index in [0.717, 1.165) is 22.4 Å². The van der Waals surface area contributed by atoms with Crippen LogP contribution in [0.3, 0.4) is 0 Å². The molecule has 100 valence electrons. The fraction of sp³-hybridized carbons (Fsp3) is 0.200. The van der Waals surface area contributed by atoms with Gasteiger partial charge in [0.1, 0.15) is 18.2 Å². The predicted octanol–water partition coefficient (Wildman–Crippen LogP) is 4.37. The number of nitrogens with two attached hydrogens (primary N) is 1. The smallest absolute Gasteiger partial charge is 0.137 e. The molecule has 0 aliphatic heterocycles. The molecule has 0 atom stereocenters. The van der Waals surface area contributed by atoms with E-state index >= 15 is 0 Å². The van der Waals surface area contributed by atoms with Gasteiger partial charge in [-0.05, 0) is 47.5 Å². The molecule has 0 aromatic heterocycles. The molecule has 0 radical (unpaired) electrons. The SMILES string of the molecule is Cc1ccc(N)c(C)c1OCc1cccc(F)c1Br. The summed E-state index contributed by atoms with van der Waals surface area (Å²) in [6.45, 7) is 4.17. The normalized spacial score (nSPS) is 10.5. The number of anilines is 1. The highest BCUT2D eigenvalue weighted by Gasteiger charge is 2.10. The van der Waals surface area contributed by atoms with Gasteiger partial charge in [-0.2, -0.15) is 0 Å². The highest BCUT2D eigenvalue weighted by molar-refractivity contribution is 9.10.